The number of carbonyl (C=O) groups is 1. The summed E-state index contributed by atoms with van der Waals surface area (Å²) in [6.07, 6.45) is 8.21. The molecule has 0 radical (unpaired) electrons. The van der Waals surface area contributed by atoms with Gasteiger partial charge in [-0.05, 0) is 49.2 Å². The van der Waals surface area contributed by atoms with Crippen LogP contribution in [-0.2, 0) is 10.2 Å². The number of carbonyl (C=O) groups excluding carboxylic acids is 1. The number of anilines is 1. The number of benzene rings is 2. The Hall–Kier alpha value is -3.71. The molecule has 5 rings (SSSR count). The zero-order chi connectivity index (χ0) is 21.1. The van der Waals surface area contributed by atoms with Gasteiger partial charge in [-0.25, -0.2) is 4.98 Å². The summed E-state index contributed by atoms with van der Waals surface area (Å²) in [5, 5.41) is 13.4. The van der Waals surface area contributed by atoms with Crippen molar-refractivity contribution in [3.63, 3.8) is 0 Å². The highest BCUT2D eigenvalue weighted by molar-refractivity contribution is 5.99. The summed E-state index contributed by atoms with van der Waals surface area (Å²) >= 11 is 0. The molecule has 0 bridgehead atoms. The number of aromatic nitrogens is 3. The lowest BCUT2D eigenvalue weighted by atomic mass is 9.72. The van der Waals surface area contributed by atoms with E-state index in [9.17, 15) is 4.79 Å². The summed E-state index contributed by atoms with van der Waals surface area (Å²) in [5.74, 6) is 0.683. The minimum atomic E-state index is -0.581. The minimum absolute atomic E-state index is 0.0137. The number of piperidine rings is 1. The summed E-state index contributed by atoms with van der Waals surface area (Å²) in [4.78, 5) is 17.6. The number of rotatable bonds is 5. The van der Waals surface area contributed by atoms with E-state index in [1.165, 1.54) is 6.39 Å². The molecule has 1 aliphatic heterocycles. The maximum absolute atomic E-state index is 13.6. The summed E-state index contributed by atoms with van der Waals surface area (Å²) in [6.45, 7) is 1.60. The fraction of sp³-hybridized carbons (Fsp3) is 0.208. The zero-order valence-corrected chi connectivity index (χ0v) is 17.0. The predicted molar refractivity (Wildman–Crippen MR) is 118 cm³/mol. The Bertz CT molecular complexity index is 1150. The SMILES string of the molecule is O=C(Nc1cccc(-c2cnco2)c1)C1(c2ccc(-c3cn[nH]c3)cc2)CCNCC1. The maximum Gasteiger partial charge on any atom is 0.235 e. The van der Waals surface area contributed by atoms with Gasteiger partial charge in [-0.3, -0.25) is 9.89 Å². The molecule has 1 fully saturated rings. The Balaban J connectivity index is 1.43. The van der Waals surface area contributed by atoms with Gasteiger partial charge in [0.25, 0.3) is 0 Å². The van der Waals surface area contributed by atoms with Crippen LogP contribution in [0.2, 0.25) is 0 Å². The van der Waals surface area contributed by atoms with E-state index in [1.807, 2.05) is 30.5 Å². The van der Waals surface area contributed by atoms with Crippen LogP contribution in [0.4, 0.5) is 5.69 Å². The molecule has 3 N–H and O–H groups in total. The van der Waals surface area contributed by atoms with Crippen molar-refractivity contribution in [2.45, 2.75) is 18.3 Å². The van der Waals surface area contributed by atoms with Crippen LogP contribution < -0.4 is 10.6 Å². The first-order valence-corrected chi connectivity index (χ1v) is 10.4. The molecule has 4 aromatic rings. The molecular weight excluding hydrogens is 390 g/mol. The fourth-order valence-corrected chi connectivity index (χ4v) is 4.25. The van der Waals surface area contributed by atoms with E-state index in [1.54, 1.807) is 12.4 Å². The van der Waals surface area contributed by atoms with Crippen molar-refractivity contribution in [1.29, 1.82) is 0 Å². The third-order valence-corrected chi connectivity index (χ3v) is 6.00. The van der Waals surface area contributed by atoms with E-state index in [0.717, 1.165) is 53.9 Å². The molecule has 156 valence electrons. The van der Waals surface area contributed by atoms with Crippen molar-refractivity contribution in [3.05, 3.63) is 79.1 Å². The van der Waals surface area contributed by atoms with Gasteiger partial charge in [0, 0.05) is 23.0 Å². The van der Waals surface area contributed by atoms with Crippen LogP contribution in [0, 0.1) is 0 Å². The Kier molecular flexibility index (Phi) is 5.09. The van der Waals surface area contributed by atoms with Gasteiger partial charge in [0.1, 0.15) is 0 Å². The first-order valence-electron chi connectivity index (χ1n) is 10.4. The second-order valence-corrected chi connectivity index (χ2v) is 7.80. The Morgan fingerprint density at radius 1 is 1.00 bits per heavy atom. The monoisotopic (exact) mass is 413 g/mol. The molecule has 0 saturated carbocycles. The van der Waals surface area contributed by atoms with Gasteiger partial charge in [0.15, 0.2) is 12.2 Å². The molecule has 31 heavy (non-hydrogen) atoms. The van der Waals surface area contributed by atoms with Crippen LogP contribution in [0.15, 0.2) is 77.9 Å². The highest BCUT2D eigenvalue weighted by Crippen LogP contribution is 2.36. The molecule has 0 unspecified atom stereocenters. The van der Waals surface area contributed by atoms with Crippen molar-refractivity contribution in [3.8, 4) is 22.5 Å². The van der Waals surface area contributed by atoms with Gasteiger partial charge in [-0.15, -0.1) is 0 Å². The molecule has 2 aromatic heterocycles. The summed E-state index contributed by atoms with van der Waals surface area (Å²) in [6, 6.07) is 15.9. The van der Waals surface area contributed by atoms with Gasteiger partial charge in [-0.1, -0.05) is 36.4 Å². The minimum Gasteiger partial charge on any atom is -0.444 e. The number of nitrogens with zero attached hydrogens (tertiary/aromatic N) is 2. The molecule has 0 aliphatic carbocycles. The van der Waals surface area contributed by atoms with Crippen LogP contribution in [-0.4, -0.2) is 34.2 Å². The summed E-state index contributed by atoms with van der Waals surface area (Å²) in [5.41, 5.74) is 4.17. The molecule has 1 amide bonds. The predicted octanol–water partition coefficient (Wildman–Crippen LogP) is 3.99. The number of hydrogen-bond donors (Lipinski definition) is 3. The first kappa shape index (κ1) is 19.3. The van der Waals surface area contributed by atoms with Gasteiger partial charge in [-0.2, -0.15) is 5.10 Å². The lowest BCUT2D eigenvalue weighted by molar-refractivity contribution is -0.122. The first-order chi connectivity index (χ1) is 15.2. The van der Waals surface area contributed by atoms with Crippen molar-refractivity contribution >= 4 is 11.6 Å². The van der Waals surface area contributed by atoms with E-state index in [2.05, 4.69) is 50.1 Å². The van der Waals surface area contributed by atoms with Gasteiger partial charge < -0.3 is 15.1 Å². The van der Waals surface area contributed by atoms with E-state index in [4.69, 9.17) is 4.42 Å². The number of nitrogens with one attached hydrogen (secondary N) is 3. The smallest absolute Gasteiger partial charge is 0.235 e. The normalized spacial score (nSPS) is 15.5. The molecule has 1 saturated heterocycles. The molecule has 7 nitrogen and oxygen atoms in total. The highest BCUT2D eigenvalue weighted by atomic mass is 16.3. The zero-order valence-electron chi connectivity index (χ0n) is 17.0. The van der Waals surface area contributed by atoms with E-state index in [-0.39, 0.29) is 5.91 Å². The lowest BCUT2D eigenvalue weighted by Gasteiger charge is -2.37. The largest absolute Gasteiger partial charge is 0.444 e. The van der Waals surface area contributed by atoms with Crippen molar-refractivity contribution in [1.82, 2.24) is 20.5 Å². The Morgan fingerprint density at radius 3 is 2.55 bits per heavy atom. The third-order valence-electron chi connectivity index (χ3n) is 6.00. The molecule has 0 spiro atoms. The average molecular weight is 413 g/mol. The topological polar surface area (TPSA) is 95.8 Å². The van der Waals surface area contributed by atoms with Crippen LogP contribution in [0.5, 0.6) is 0 Å². The Labute approximate surface area is 179 Å². The van der Waals surface area contributed by atoms with Crippen LogP contribution in [0.1, 0.15) is 18.4 Å². The fourth-order valence-electron chi connectivity index (χ4n) is 4.25. The van der Waals surface area contributed by atoms with Crippen LogP contribution >= 0.6 is 0 Å². The summed E-state index contributed by atoms with van der Waals surface area (Å²) in [7, 11) is 0. The number of H-pyrrole nitrogens is 1. The second-order valence-electron chi connectivity index (χ2n) is 7.80. The number of hydrogen-bond acceptors (Lipinski definition) is 5. The standard InChI is InChI=1S/C24H23N5O2/c30-23(29-21-3-1-2-18(12-21)22-15-26-16-31-22)24(8-10-25-11-9-24)20-6-4-17(5-7-20)19-13-27-28-14-19/h1-7,12-16,25H,8-11H2,(H,27,28)(H,29,30). The number of amides is 1. The van der Waals surface area contributed by atoms with Crippen LogP contribution in [0.3, 0.4) is 0 Å². The maximum atomic E-state index is 13.6. The molecule has 1 aliphatic rings. The van der Waals surface area contributed by atoms with Crippen molar-refractivity contribution in [2.75, 3.05) is 18.4 Å². The van der Waals surface area contributed by atoms with E-state index in [0.29, 0.717) is 5.76 Å². The Morgan fingerprint density at radius 2 is 1.84 bits per heavy atom. The molecule has 0 atom stereocenters. The lowest BCUT2D eigenvalue weighted by Crippen LogP contribution is -2.48. The molecular formula is C24H23N5O2. The quantitative estimate of drug-likeness (QED) is 0.460. The summed E-state index contributed by atoms with van der Waals surface area (Å²) < 4.78 is 5.39. The van der Waals surface area contributed by atoms with Crippen LogP contribution in [0.25, 0.3) is 22.5 Å². The average Bonchev–Trinajstić information content (AvgIpc) is 3.54. The molecule has 2 aromatic carbocycles. The third kappa shape index (κ3) is 3.75. The molecule has 7 heteroatoms. The number of oxazole rings is 1. The van der Waals surface area contributed by atoms with Crippen molar-refractivity contribution < 1.29 is 9.21 Å². The van der Waals surface area contributed by atoms with Gasteiger partial charge >= 0.3 is 0 Å². The highest BCUT2D eigenvalue weighted by Gasteiger charge is 2.41. The van der Waals surface area contributed by atoms with E-state index >= 15 is 0 Å². The molecule has 3 heterocycles. The second kappa shape index (κ2) is 8.20. The van der Waals surface area contributed by atoms with Gasteiger partial charge in [0.05, 0.1) is 17.8 Å². The number of aromatic amines is 1. The van der Waals surface area contributed by atoms with Crippen molar-refractivity contribution in [2.24, 2.45) is 0 Å². The van der Waals surface area contributed by atoms with Gasteiger partial charge in [0.2, 0.25) is 5.91 Å². The van der Waals surface area contributed by atoms with E-state index < -0.39 is 5.41 Å².